The van der Waals surface area contributed by atoms with Crippen molar-refractivity contribution >= 4 is 6.08 Å². The van der Waals surface area contributed by atoms with E-state index in [-0.39, 0.29) is 6.10 Å². The Hall–Kier alpha value is -1.12. The van der Waals surface area contributed by atoms with Gasteiger partial charge in [0.25, 0.3) is 0 Å². The second-order valence-electron chi connectivity index (χ2n) is 5.49. The lowest BCUT2D eigenvalue weighted by molar-refractivity contribution is 0.176. The van der Waals surface area contributed by atoms with Gasteiger partial charge in [0.2, 0.25) is 0 Å². The minimum atomic E-state index is -0.0916. The molecule has 1 unspecified atom stereocenters. The summed E-state index contributed by atoms with van der Waals surface area (Å²) in [4.78, 5) is 2.38. The third-order valence-electron chi connectivity index (χ3n) is 4.13. The Labute approximate surface area is 109 Å². The largest absolute Gasteiger partial charge is 0.392 e. The highest BCUT2D eigenvalue weighted by Crippen LogP contribution is 2.25. The summed E-state index contributed by atoms with van der Waals surface area (Å²) < 4.78 is 0. The van der Waals surface area contributed by atoms with Crippen LogP contribution in [0.4, 0.5) is 0 Å². The van der Waals surface area contributed by atoms with E-state index in [0.29, 0.717) is 0 Å². The van der Waals surface area contributed by atoms with E-state index in [9.17, 15) is 5.11 Å². The zero-order valence-corrected chi connectivity index (χ0v) is 10.8. The third-order valence-corrected chi connectivity index (χ3v) is 4.13. The Morgan fingerprint density at radius 3 is 2.94 bits per heavy atom. The summed E-state index contributed by atoms with van der Waals surface area (Å²) in [6, 6.07) is 8.70. The van der Waals surface area contributed by atoms with E-state index in [1.165, 1.54) is 24.0 Å². The Kier molecular flexibility index (Phi) is 3.48. The zero-order valence-electron chi connectivity index (χ0n) is 10.8. The normalized spacial score (nSPS) is 23.8. The van der Waals surface area contributed by atoms with E-state index < -0.39 is 0 Å². The number of benzene rings is 1. The molecule has 0 aromatic heterocycles. The molecule has 96 valence electrons. The van der Waals surface area contributed by atoms with E-state index in [1.807, 2.05) is 0 Å². The summed E-state index contributed by atoms with van der Waals surface area (Å²) >= 11 is 0. The first-order valence-electron chi connectivity index (χ1n) is 6.99. The molecular weight excluding hydrogens is 222 g/mol. The number of β-amino-alcohol motifs (C(OH)–C–C–N with tert-alkyl or cyclic N) is 1. The monoisotopic (exact) mass is 243 g/mol. The van der Waals surface area contributed by atoms with Crippen molar-refractivity contribution in [2.75, 3.05) is 19.6 Å². The van der Waals surface area contributed by atoms with Crippen LogP contribution in [0, 0.1) is 0 Å². The fourth-order valence-electron chi connectivity index (χ4n) is 3.00. The molecule has 18 heavy (non-hydrogen) atoms. The van der Waals surface area contributed by atoms with Gasteiger partial charge in [-0.3, -0.25) is 0 Å². The highest BCUT2D eigenvalue weighted by atomic mass is 16.3. The smallest absolute Gasteiger partial charge is 0.0679 e. The highest BCUT2D eigenvalue weighted by Gasteiger charge is 2.20. The predicted molar refractivity (Wildman–Crippen MR) is 74.4 cm³/mol. The molecule has 0 amide bonds. The van der Waals surface area contributed by atoms with Crippen molar-refractivity contribution < 1.29 is 5.11 Å². The average molecular weight is 243 g/mol. The molecule has 0 saturated carbocycles. The van der Waals surface area contributed by atoms with Crippen LogP contribution in [0.1, 0.15) is 30.4 Å². The van der Waals surface area contributed by atoms with E-state index in [4.69, 9.17) is 0 Å². The van der Waals surface area contributed by atoms with Gasteiger partial charge in [0.1, 0.15) is 0 Å². The zero-order chi connectivity index (χ0) is 12.4. The number of fused-ring (bicyclic) bond motifs is 1. The Bertz CT molecular complexity index is 452. The molecule has 1 saturated heterocycles. The minimum absolute atomic E-state index is 0.0916. The van der Waals surface area contributed by atoms with E-state index in [0.717, 1.165) is 32.5 Å². The number of aliphatic hydroxyl groups excluding tert-OH is 1. The second-order valence-corrected chi connectivity index (χ2v) is 5.49. The van der Waals surface area contributed by atoms with Crippen molar-refractivity contribution in [2.45, 2.75) is 31.8 Å². The average Bonchev–Trinajstić information content (AvgIpc) is 2.82. The van der Waals surface area contributed by atoms with Gasteiger partial charge in [-0.2, -0.15) is 0 Å². The van der Waals surface area contributed by atoms with Crippen LogP contribution in [0.5, 0.6) is 0 Å². The van der Waals surface area contributed by atoms with Gasteiger partial charge in [0, 0.05) is 19.6 Å². The number of likely N-dealkylation sites (tertiary alicyclic amines) is 1. The van der Waals surface area contributed by atoms with E-state index >= 15 is 0 Å². The van der Waals surface area contributed by atoms with Gasteiger partial charge in [-0.05, 0) is 36.8 Å². The summed E-state index contributed by atoms with van der Waals surface area (Å²) in [5.74, 6) is 0. The topological polar surface area (TPSA) is 23.5 Å². The first-order valence-corrected chi connectivity index (χ1v) is 6.99. The molecule has 0 bridgehead atoms. The number of nitrogens with zero attached hydrogens (tertiary/aromatic N) is 1. The predicted octanol–water partition coefficient (Wildman–Crippen LogP) is 2.47. The molecule has 1 heterocycles. The van der Waals surface area contributed by atoms with E-state index in [2.05, 4.69) is 35.2 Å². The molecule has 0 radical (unpaired) electrons. The van der Waals surface area contributed by atoms with Gasteiger partial charge in [-0.15, -0.1) is 0 Å². The maximum Gasteiger partial charge on any atom is 0.0679 e. The Morgan fingerprint density at radius 2 is 2.11 bits per heavy atom. The van der Waals surface area contributed by atoms with E-state index in [1.54, 1.807) is 5.57 Å². The lowest BCUT2D eigenvalue weighted by atomic mass is 9.91. The fourth-order valence-corrected chi connectivity index (χ4v) is 3.00. The van der Waals surface area contributed by atoms with Crippen LogP contribution in [0.25, 0.3) is 6.08 Å². The van der Waals surface area contributed by atoms with Crippen LogP contribution in [0.2, 0.25) is 0 Å². The molecule has 1 N–H and O–H groups in total. The van der Waals surface area contributed by atoms with Gasteiger partial charge >= 0.3 is 0 Å². The molecule has 1 fully saturated rings. The number of aliphatic hydroxyl groups is 1. The van der Waals surface area contributed by atoms with Crippen LogP contribution in [-0.4, -0.2) is 35.7 Å². The minimum Gasteiger partial charge on any atom is -0.392 e. The van der Waals surface area contributed by atoms with Gasteiger partial charge in [-0.1, -0.05) is 35.9 Å². The number of hydrogen-bond donors (Lipinski definition) is 1. The molecule has 1 atom stereocenters. The van der Waals surface area contributed by atoms with Crippen molar-refractivity contribution in [1.29, 1.82) is 0 Å². The summed E-state index contributed by atoms with van der Waals surface area (Å²) in [5, 5.41) is 9.51. The van der Waals surface area contributed by atoms with Crippen LogP contribution >= 0.6 is 0 Å². The standard InChI is InChI=1S/C16H21NO/c18-16-8-10-17(12-16)9-7-13-5-6-14-3-1-2-4-15(14)11-13/h1-4,11,16,18H,5-10,12H2. The summed E-state index contributed by atoms with van der Waals surface area (Å²) in [5.41, 5.74) is 4.45. The molecule has 1 aliphatic carbocycles. The maximum atomic E-state index is 9.51. The molecule has 1 aromatic rings. The molecule has 1 aliphatic heterocycles. The number of aryl methyl sites for hydroxylation is 1. The molecule has 1 aromatic carbocycles. The lowest BCUT2D eigenvalue weighted by Gasteiger charge is -2.19. The maximum absolute atomic E-state index is 9.51. The molecule has 2 heteroatoms. The summed E-state index contributed by atoms with van der Waals surface area (Å²) in [6.07, 6.45) is 6.76. The van der Waals surface area contributed by atoms with Crippen molar-refractivity contribution in [3.05, 3.63) is 41.0 Å². The number of hydrogen-bond acceptors (Lipinski definition) is 2. The number of rotatable bonds is 3. The van der Waals surface area contributed by atoms with Gasteiger partial charge in [0.05, 0.1) is 6.10 Å². The highest BCUT2D eigenvalue weighted by molar-refractivity contribution is 5.59. The van der Waals surface area contributed by atoms with Crippen molar-refractivity contribution in [1.82, 2.24) is 4.90 Å². The molecule has 2 aliphatic rings. The van der Waals surface area contributed by atoms with Crippen LogP contribution in [0.15, 0.2) is 29.8 Å². The molecule has 2 nitrogen and oxygen atoms in total. The summed E-state index contributed by atoms with van der Waals surface area (Å²) in [7, 11) is 0. The Morgan fingerprint density at radius 1 is 1.22 bits per heavy atom. The second kappa shape index (κ2) is 5.25. The van der Waals surface area contributed by atoms with Crippen molar-refractivity contribution in [2.24, 2.45) is 0 Å². The van der Waals surface area contributed by atoms with Crippen LogP contribution in [0.3, 0.4) is 0 Å². The fraction of sp³-hybridized carbons (Fsp3) is 0.500. The molecular formula is C16H21NO. The first kappa shape index (κ1) is 11.9. The van der Waals surface area contributed by atoms with Gasteiger partial charge in [0.15, 0.2) is 0 Å². The quantitative estimate of drug-likeness (QED) is 0.881. The van der Waals surface area contributed by atoms with Gasteiger partial charge < -0.3 is 10.0 Å². The first-order chi connectivity index (χ1) is 8.81. The van der Waals surface area contributed by atoms with Crippen LogP contribution < -0.4 is 0 Å². The molecule has 0 spiro atoms. The lowest BCUT2D eigenvalue weighted by Crippen LogP contribution is -2.23. The molecule has 3 rings (SSSR count). The SMILES string of the molecule is OC1CCN(CCC2=Cc3ccccc3CC2)C1. The van der Waals surface area contributed by atoms with Crippen LogP contribution in [-0.2, 0) is 6.42 Å². The van der Waals surface area contributed by atoms with Gasteiger partial charge in [-0.25, -0.2) is 0 Å². The van der Waals surface area contributed by atoms with Crippen molar-refractivity contribution in [3.63, 3.8) is 0 Å². The Balaban J connectivity index is 1.60. The van der Waals surface area contributed by atoms with Crippen molar-refractivity contribution in [3.8, 4) is 0 Å². The third kappa shape index (κ3) is 2.65. The summed E-state index contributed by atoms with van der Waals surface area (Å²) in [6.45, 7) is 3.03.